The minimum Gasteiger partial charge on any atom is -0.497 e. The second-order valence-corrected chi connectivity index (χ2v) is 4.99. The van der Waals surface area contributed by atoms with E-state index in [0.717, 1.165) is 17.7 Å². The predicted molar refractivity (Wildman–Crippen MR) is 79.4 cm³/mol. The highest BCUT2D eigenvalue weighted by atomic mass is 16.5. The van der Waals surface area contributed by atoms with Gasteiger partial charge in [-0.15, -0.1) is 6.58 Å². The van der Waals surface area contributed by atoms with Crippen LogP contribution in [0.1, 0.15) is 31.9 Å². The normalized spacial score (nSPS) is 15.6. The van der Waals surface area contributed by atoms with E-state index in [4.69, 9.17) is 4.74 Å². The van der Waals surface area contributed by atoms with Crippen molar-refractivity contribution in [1.82, 2.24) is 5.32 Å². The Kier molecular flexibility index (Phi) is 6.60. The zero-order valence-electron chi connectivity index (χ0n) is 12.1. The molecule has 1 rings (SSSR count). The van der Waals surface area contributed by atoms with Gasteiger partial charge in [0.2, 0.25) is 0 Å². The standard InChI is InChI=1S/C16H25NO2/c1-5-7-12(2)13(3)17-11-16(18)14-8-6-9-15(10-14)19-4/h5-6,8-10,12-13,16-18H,1,7,11H2,2-4H3. The Morgan fingerprint density at radius 3 is 2.79 bits per heavy atom. The van der Waals surface area contributed by atoms with Gasteiger partial charge in [-0.05, 0) is 37.0 Å². The lowest BCUT2D eigenvalue weighted by Crippen LogP contribution is -2.35. The van der Waals surface area contributed by atoms with E-state index < -0.39 is 6.10 Å². The van der Waals surface area contributed by atoms with Gasteiger partial charge in [-0.3, -0.25) is 0 Å². The summed E-state index contributed by atoms with van der Waals surface area (Å²) in [5, 5.41) is 13.5. The summed E-state index contributed by atoms with van der Waals surface area (Å²) in [7, 11) is 1.63. The molecule has 0 fully saturated rings. The third-order valence-electron chi connectivity index (χ3n) is 3.50. The molecule has 0 aliphatic heterocycles. The molecule has 3 unspecified atom stereocenters. The Morgan fingerprint density at radius 2 is 2.16 bits per heavy atom. The summed E-state index contributed by atoms with van der Waals surface area (Å²) < 4.78 is 5.16. The summed E-state index contributed by atoms with van der Waals surface area (Å²) in [5.74, 6) is 1.28. The number of aliphatic hydroxyl groups is 1. The number of aliphatic hydroxyl groups excluding tert-OH is 1. The molecule has 0 spiro atoms. The number of hydrogen-bond donors (Lipinski definition) is 2. The van der Waals surface area contributed by atoms with Crippen LogP contribution in [-0.4, -0.2) is 24.8 Å². The smallest absolute Gasteiger partial charge is 0.119 e. The van der Waals surface area contributed by atoms with Crippen molar-refractivity contribution in [3.63, 3.8) is 0 Å². The molecule has 19 heavy (non-hydrogen) atoms. The van der Waals surface area contributed by atoms with Gasteiger partial charge < -0.3 is 15.2 Å². The lowest BCUT2D eigenvalue weighted by atomic mass is 9.99. The van der Waals surface area contributed by atoms with Crippen LogP contribution in [0.25, 0.3) is 0 Å². The zero-order valence-corrected chi connectivity index (χ0v) is 12.1. The Hall–Kier alpha value is -1.32. The van der Waals surface area contributed by atoms with Crippen LogP contribution in [0.5, 0.6) is 5.75 Å². The van der Waals surface area contributed by atoms with Gasteiger partial charge >= 0.3 is 0 Å². The lowest BCUT2D eigenvalue weighted by Gasteiger charge is -2.22. The highest BCUT2D eigenvalue weighted by Gasteiger charge is 2.13. The molecule has 1 aromatic carbocycles. The van der Waals surface area contributed by atoms with Crippen molar-refractivity contribution in [1.29, 1.82) is 0 Å². The third kappa shape index (κ3) is 5.05. The maximum absolute atomic E-state index is 10.2. The molecule has 0 bridgehead atoms. The third-order valence-corrected chi connectivity index (χ3v) is 3.50. The van der Waals surface area contributed by atoms with Crippen molar-refractivity contribution >= 4 is 0 Å². The maximum atomic E-state index is 10.2. The highest BCUT2D eigenvalue weighted by Crippen LogP contribution is 2.19. The van der Waals surface area contributed by atoms with Crippen molar-refractivity contribution in [2.45, 2.75) is 32.4 Å². The van der Waals surface area contributed by atoms with Crippen LogP contribution in [0.3, 0.4) is 0 Å². The largest absolute Gasteiger partial charge is 0.497 e. The zero-order chi connectivity index (χ0) is 14.3. The molecular formula is C16H25NO2. The van der Waals surface area contributed by atoms with E-state index in [9.17, 15) is 5.11 Å². The minimum absolute atomic E-state index is 0.346. The fourth-order valence-electron chi connectivity index (χ4n) is 1.93. The number of methoxy groups -OCH3 is 1. The van der Waals surface area contributed by atoms with Crippen LogP contribution in [0.2, 0.25) is 0 Å². The van der Waals surface area contributed by atoms with Gasteiger partial charge in [0.05, 0.1) is 13.2 Å². The van der Waals surface area contributed by atoms with E-state index in [1.165, 1.54) is 0 Å². The first-order valence-electron chi connectivity index (χ1n) is 6.74. The van der Waals surface area contributed by atoms with E-state index in [0.29, 0.717) is 18.5 Å². The van der Waals surface area contributed by atoms with Crippen LogP contribution in [0.4, 0.5) is 0 Å². The van der Waals surface area contributed by atoms with Crippen molar-refractivity contribution in [3.8, 4) is 5.75 Å². The van der Waals surface area contributed by atoms with Gasteiger partial charge in [0.25, 0.3) is 0 Å². The first kappa shape index (κ1) is 15.7. The van der Waals surface area contributed by atoms with Crippen molar-refractivity contribution < 1.29 is 9.84 Å². The molecule has 0 aromatic heterocycles. The summed E-state index contributed by atoms with van der Waals surface area (Å²) in [4.78, 5) is 0. The topological polar surface area (TPSA) is 41.5 Å². The molecule has 3 atom stereocenters. The number of benzene rings is 1. The Morgan fingerprint density at radius 1 is 1.42 bits per heavy atom. The second-order valence-electron chi connectivity index (χ2n) is 4.99. The number of nitrogens with one attached hydrogen (secondary N) is 1. The SMILES string of the molecule is C=CCC(C)C(C)NCC(O)c1cccc(OC)c1. The summed E-state index contributed by atoms with van der Waals surface area (Å²) in [6, 6.07) is 7.88. The molecule has 0 saturated heterocycles. The van der Waals surface area contributed by atoms with Crippen LogP contribution in [-0.2, 0) is 0 Å². The summed E-state index contributed by atoms with van der Waals surface area (Å²) in [6.45, 7) is 8.60. The molecule has 0 aliphatic rings. The van der Waals surface area contributed by atoms with E-state index in [2.05, 4.69) is 25.7 Å². The highest BCUT2D eigenvalue weighted by molar-refractivity contribution is 5.29. The lowest BCUT2D eigenvalue weighted by molar-refractivity contribution is 0.166. The molecule has 106 valence electrons. The summed E-state index contributed by atoms with van der Waals surface area (Å²) in [5.41, 5.74) is 0.871. The predicted octanol–water partition coefficient (Wildman–Crippen LogP) is 2.92. The van der Waals surface area contributed by atoms with Crippen LogP contribution in [0, 0.1) is 5.92 Å². The van der Waals surface area contributed by atoms with Gasteiger partial charge in [-0.2, -0.15) is 0 Å². The Labute approximate surface area is 116 Å². The van der Waals surface area contributed by atoms with Crippen molar-refractivity contribution in [3.05, 3.63) is 42.5 Å². The molecular weight excluding hydrogens is 238 g/mol. The Balaban J connectivity index is 2.50. The summed E-state index contributed by atoms with van der Waals surface area (Å²) >= 11 is 0. The van der Waals surface area contributed by atoms with E-state index >= 15 is 0 Å². The first-order valence-corrected chi connectivity index (χ1v) is 6.74. The van der Waals surface area contributed by atoms with Crippen LogP contribution in [0.15, 0.2) is 36.9 Å². The minimum atomic E-state index is -0.520. The molecule has 0 amide bonds. The van der Waals surface area contributed by atoms with Gasteiger partial charge in [0, 0.05) is 12.6 Å². The average Bonchev–Trinajstić information content (AvgIpc) is 2.44. The molecule has 3 heteroatoms. The molecule has 0 saturated carbocycles. The second kappa shape index (κ2) is 7.97. The summed E-state index contributed by atoms with van der Waals surface area (Å²) in [6.07, 6.45) is 2.39. The number of rotatable bonds is 8. The number of ether oxygens (including phenoxy) is 1. The fourth-order valence-corrected chi connectivity index (χ4v) is 1.93. The van der Waals surface area contributed by atoms with Gasteiger partial charge in [-0.1, -0.05) is 25.1 Å². The van der Waals surface area contributed by atoms with Crippen molar-refractivity contribution in [2.24, 2.45) is 5.92 Å². The van der Waals surface area contributed by atoms with E-state index in [1.807, 2.05) is 30.3 Å². The maximum Gasteiger partial charge on any atom is 0.119 e. The van der Waals surface area contributed by atoms with Crippen molar-refractivity contribution in [2.75, 3.05) is 13.7 Å². The van der Waals surface area contributed by atoms with Crippen LogP contribution >= 0.6 is 0 Å². The quantitative estimate of drug-likeness (QED) is 0.709. The molecule has 0 radical (unpaired) electrons. The number of allylic oxidation sites excluding steroid dienone is 1. The Bertz CT molecular complexity index is 392. The van der Waals surface area contributed by atoms with Crippen LogP contribution < -0.4 is 10.1 Å². The number of hydrogen-bond acceptors (Lipinski definition) is 3. The van der Waals surface area contributed by atoms with Gasteiger partial charge in [0.15, 0.2) is 0 Å². The molecule has 0 aliphatic carbocycles. The molecule has 2 N–H and O–H groups in total. The fraction of sp³-hybridized carbons (Fsp3) is 0.500. The van der Waals surface area contributed by atoms with E-state index in [-0.39, 0.29) is 0 Å². The van der Waals surface area contributed by atoms with Gasteiger partial charge in [-0.25, -0.2) is 0 Å². The average molecular weight is 263 g/mol. The molecule has 3 nitrogen and oxygen atoms in total. The molecule has 0 heterocycles. The first-order chi connectivity index (χ1) is 9.08. The monoisotopic (exact) mass is 263 g/mol. The van der Waals surface area contributed by atoms with Gasteiger partial charge in [0.1, 0.15) is 5.75 Å². The molecule has 1 aromatic rings. The van der Waals surface area contributed by atoms with E-state index in [1.54, 1.807) is 7.11 Å².